The van der Waals surface area contributed by atoms with E-state index in [4.69, 9.17) is 0 Å². The molecule has 0 amide bonds. The predicted octanol–water partition coefficient (Wildman–Crippen LogP) is -1.09. The molecule has 0 fully saturated rings. The van der Waals surface area contributed by atoms with Crippen LogP contribution in [0.1, 0.15) is 6.92 Å². The summed E-state index contributed by atoms with van der Waals surface area (Å²) < 4.78 is 19.6. The van der Waals surface area contributed by atoms with Crippen LogP contribution in [0.4, 0.5) is 0 Å². The molecule has 3 nitrogen and oxygen atoms in total. The smallest absolute Gasteiger partial charge is 0.208 e. The van der Waals surface area contributed by atoms with Crippen LogP contribution in [0.25, 0.3) is 0 Å². The van der Waals surface area contributed by atoms with E-state index < -0.39 is 10.0 Å². The second-order valence-corrected chi connectivity index (χ2v) is 2.85. The molecule has 0 saturated heterocycles. The third-order valence-electron chi connectivity index (χ3n) is 0.402. The van der Waals surface area contributed by atoms with E-state index in [2.05, 4.69) is 5.14 Å². The van der Waals surface area contributed by atoms with Gasteiger partial charge in [0.2, 0.25) is 10.0 Å². The molecule has 0 aliphatic rings. The van der Waals surface area contributed by atoms with Gasteiger partial charge in [-0.3, -0.25) is 0 Å². The largest absolute Gasteiger partial charge is 0.229 e. The summed E-state index contributed by atoms with van der Waals surface area (Å²) in [5.41, 5.74) is 0. The first-order chi connectivity index (χ1) is 2.56. The summed E-state index contributed by atoms with van der Waals surface area (Å²) in [5, 5.41) is 4.51. The standard InChI is InChI=1S/C2H7NO2S.K/c1-2-6(3,4)5;/h2H2,1H3,(H2,3,4,5);. The van der Waals surface area contributed by atoms with Crippen LogP contribution in [0.2, 0.25) is 0 Å². The zero-order chi connectivity index (χ0) is 5.21. The Labute approximate surface area is 86.1 Å². The minimum absolute atomic E-state index is 0. The first kappa shape index (κ1) is 11.4. The maximum Gasteiger partial charge on any atom is 0.208 e. The first-order valence-electron chi connectivity index (χ1n) is 1.56. The topological polar surface area (TPSA) is 60.2 Å². The fraction of sp³-hybridized carbons (Fsp3) is 1.00. The Morgan fingerprint density at radius 2 is 1.71 bits per heavy atom. The molecule has 0 aromatic heterocycles. The zero-order valence-electron chi connectivity index (χ0n) is 4.51. The molecule has 39 valence electrons. The van der Waals surface area contributed by atoms with Gasteiger partial charge in [0.1, 0.15) is 0 Å². The summed E-state index contributed by atoms with van der Waals surface area (Å²) in [4.78, 5) is 0. The predicted molar refractivity (Wildman–Crippen MR) is 29.4 cm³/mol. The molecule has 0 aliphatic carbocycles. The number of nitrogens with two attached hydrogens (primary N) is 1. The van der Waals surface area contributed by atoms with Crippen molar-refractivity contribution in [3.63, 3.8) is 0 Å². The molecule has 7 heavy (non-hydrogen) atoms. The molecule has 0 saturated carbocycles. The molecule has 0 bridgehead atoms. The van der Waals surface area contributed by atoms with Crippen molar-refractivity contribution < 1.29 is 8.42 Å². The molecule has 2 N–H and O–H groups in total. The van der Waals surface area contributed by atoms with Crippen LogP contribution >= 0.6 is 0 Å². The summed E-state index contributed by atoms with van der Waals surface area (Å²) >= 11 is 0. The van der Waals surface area contributed by atoms with Gasteiger partial charge in [0.25, 0.3) is 0 Å². The normalized spacial score (nSPS) is 10.0. The van der Waals surface area contributed by atoms with Gasteiger partial charge in [-0.05, 0) is 6.92 Å². The van der Waals surface area contributed by atoms with Crippen LogP contribution in [-0.4, -0.2) is 65.6 Å². The molecule has 0 aromatic rings. The fourth-order valence-electron chi connectivity index (χ4n) is 0. The van der Waals surface area contributed by atoms with Crippen molar-refractivity contribution in [2.75, 3.05) is 5.75 Å². The second kappa shape index (κ2) is 4.43. The quantitative estimate of drug-likeness (QED) is 0.481. The van der Waals surface area contributed by atoms with Gasteiger partial charge < -0.3 is 0 Å². The van der Waals surface area contributed by atoms with Crippen molar-refractivity contribution in [3.05, 3.63) is 0 Å². The zero-order valence-corrected chi connectivity index (χ0v) is 8.45. The number of sulfonamides is 1. The minimum Gasteiger partial charge on any atom is -0.229 e. The molecule has 0 unspecified atom stereocenters. The Morgan fingerprint density at radius 3 is 1.71 bits per heavy atom. The Hall–Kier alpha value is 1.55. The molecule has 0 heterocycles. The van der Waals surface area contributed by atoms with E-state index in [1.807, 2.05) is 0 Å². The third-order valence-corrected chi connectivity index (χ3v) is 1.21. The summed E-state index contributed by atoms with van der Waals surface area (Å²) in [7, 11) is -3.16. The number of rotatable bonds is 1. The average Bonchev–Trinajstić information content (AvgIpc) is 1.35. The molecule has 0 aliphatic heterocycles. The van der Waals surface area contributed by atoms with Crippen molar-refractivity contribution in [2.24, 2.45) is 5.14 Å². The van der Waals surface area contributed by atoms with E-state index in [-0.39, 0.29) is 57.1 Å². The van der Waals surface area contributed by atoms with Crippen molar-refractivity contribution in [1.82, 2.24) is 0 Å². The summed E-state index contributed by atoms with van der Waals surface area (Å²) in [5.74, 6) is 0.0208. The molecular formula is C2H7KNO2S. The summed E-state index contributed by atoms with van der Waals surface area (Å²) in [6.45, 7) is 1.50. The third kappa shape index (κ3) is 11.2. The van der Waals surface area contributed by atoms with E-state index in [1.165, 1.54) is 6.92 Å². The fourth-order valence-corrected chi connectivity index (χ4v) is 0. The number of primary sulfonamides is 1. The van der Waals surface area contributed by atoms with Gasteiger partial charge in [-0.25, -0.2) is 13.6 Å². The second-order valence-electron chi connectivity index (χ2n) is 0.952. The van der Waals surface area contributed by atoms with E-state index in [0.717, 1.165) is 0 Å². The molecule has 0 rings (SSSR count). The van der Waals surface area contributed by atoms with E-state index in [0.29, 0.717) is 0 Å². The van der Waals surface area contributed by atoms with Gasteiger partial charge >= 0.3 is 0 Å². The van der Waals surface area contributed by atoms with Crippen molar-refractivity contribution >= 4 is 61.4 Å². The van der Waals surface area contributed by atoms with Gasteiger partial charge in [-0.15, -0.1) is 0 Å². The Morgan fingerprint density at radius 1 is 1.57 bits per heavy atom. The van der Waals surface area contributed by atoms with Gasteiger partial charge in [-0.1, -0.05) is 0 Å². The van der Waals surface area contributed by atoms with Crippen molar-refractivity contribution in [3.8, 4) is 0 Å². The Bertz CT molecular complexity index is 118. The van der Waals surface area contributed by atoms with Crippen LogP contribution in [0.3, 0.4) is 0 Å². The summed E-state index contributed by atoms with van der Waals surface area (Å²) in [6.07, 6.45) is 0. The Balaban J connectivity index is 0. The summed E-state index contributed by atoms with van der Waals surface area (Å²) in [6, 6.07) is 0. The van der Waals surface area contributed by atoms with Crippen LogP contribution in [0.5, 0.6) is 0 Å². The minimum atomic E-state index is -3.16. The van der Waals surface area contributed by atoms with Crippen molar-refractivity contribution in [1.29, 1.82) is 0 Å². The molecule has 0 spiro atoms. The van der Waals surface area contributed by atoms with Gasteiger partial charge in [0, 0.05) is 51.4 Å². The molecule has 5 heteroatoms. The van der Waals surface area contributed by atoms with Gasteiger partial charge in [-0.2, -0.15) is 0 Å². The molecule has 0 aromatic carbocycles. The van der Waals surface area contributed by atoms with Gasteiger partial charge in [0.15, 0.2) is 0 Å². The van der Waals surface area contributed by atoms with Crippen LogP contribution < -0.4 is 5.14 Å². The maximum atomic E-state index is 9.78. The maximum absolute atomic E-state index is 9.78. The Kier molecular flexibility index (Phi) is 7.18. The SMILES string of the molecule is CCS(N)(=O)=O.[K]. The van der Waals surface area contributed by atoms with E-state index in [1.54, 1.807) is 0 Å². The van der Waals surface area contributed by atoms with Crippen molar-refractivity contribution in [2.45, 2.75) is 6.92 Å². The van der Waals surface area contributed by atoms with Crippen LogP contribution in [-0.2, 0) is 10.0 Å². The van der Waals surface area contributed by atoms with Crippen LogP contribution in [0, 0.1) is 0 Å². The van der Waals surface area contributed by atoms with E-state index in [9.17, 15) is 8.42 Å². The van der Waals surface area contributed by atoms with E-state index >= 15 is 0 Å². The average molecular weight is 148 g/mol. The number of hydrogen-bond acceptors (Lipinski definition) is 2. The monoisotopic (exact) mass is 148 g/mol. The molecular weight excluding hydrogens is 141 g/mol. The van der Waals surface area contributed by atoms with Crippen LogP contribution in [0.15, 0.2) is 0 Å². The molecule has 1 radical (unpaired) electrons. The molecule has 0 atom stereocenters. The van der Waals surface area contributed by atoms with Gasteiger partial charge in [0.05, 0.1) is 5.75 Å². The first-order valence-corrected chi connectivity index (χ1v) is 3.28. The number of hydrogen-bond donors (Lipinski definition) is 1.